The molecular formula is C14H12BrF2NO. The zero-order valence-corrected chi connectivity index (χ0v) is 11.5. The number of aliphatic hydroxyl groups excluding tert-OH is 1. The Kier molecular flexibility index (Phi) is 4.50. The number of hydrogen-bond acceptors (Lipinski definition) is 2. The van der Waals surface area contributed by atoms with Crippen molar-refractivity contribution in [3.8, 4) is 0 Å². The third-order valence-corrected chi connectivity index (χ3v) is 3.15. The van der Waals surface area contributed by atoms with Crippen LogP contribution >= 0.6 is 15.9 Å². The van der Waals surface area contributed by atoms with Crippen molar-refractivity contribution < 1.29 is 13.9 Å². The molecule has 5 heteroatoms. The van der Waals surface area contributed by atoms with E-state index in [1.54, 1.807) is 0 Å². The summed E-state index contributed by atoms with van der Waals surface area (Å²) >= 11 is 3.34. The van der Waals surface area contributed by atoms with Crippen molar-refractivity contribution in [3.05, 3.63) is 64.1 Å². The Bertz CT molecular complexity index is 577. The molecule has 0 aliphatic carbocycles. The quantitative estimate of drug-likeness (QED) is 0.893. The molecule has 0 aliphatic heterocycles. The Morgan fingerprint density at radius 1 is 1.11 bits per heavy atom. The van der Waals surface area contributed by atoms with Gasteiger partial charge in [-0.25, -0.2) is 8.78 Å². The molecule has 100 valence electrons. The van der Waals surface area contributed by atoms with E-state index in [1.165, 1.54) is 6.07 Å². The highest BCUT2D eigenvalue weighted by Crippen LogP contribution is 2.19. The van der Waals surface area contributed by atoms with E-state index in [4.69, 9.17) is 0 Å². The van der Waals surface area contributed by atoms with Crippen LogP contribution in [0.15, 0.2) is 46.9 Å². The number of aliphatic hydroxyl groups is 1. The molecule has 0 bridgehead atoms. The molecule has 0 aromatic heterocycles. The van der Waals surface area contributed by atoms with Gasteiger partial charge in [-0.2, -0.15) is 0 Å². The monoisotopic (exact) mass is 327 g/mol. The number of nitrogens with one attached hydrogen (secondary N) is 1. The van der Waals surface area contributed by atoms with Gasteiger partial charge in [-0.15, -0.1) is 0 Å². The molecule has 0 aliphatic rings. The predicted molar refractivity (Wildman–Crippen MR) is 73.9 cm³/mol. The third kappa shape index (κ3) is 3.75. The summed E-state index contributed by atoms with van der Waals surface area (Å²) in [5.74, 6) is -1.88. The summed E-state index contributed by atoms with van der Waals surface area (Å²) in [4.78, 5) is 0. The zero-order valence-electron chi connectivity index (χ0n) is 9.91. The molecule has 0 fully saturated rings. The van der Waals surface area contributed by atoms with E-state index in [0.29, 0.717) is 5.56 Å². The molecule has 2 nitrogen and oxygen atoms in total. The van der Waals surface area contributed by atoms with Crippen molar-refractivity contribution in [1.82, 2.24) is 0 Å². The van der Waals surface area contributed by atoms with Crippen LogP contribution in [0.1, 0.15) is 11.7 Å². The minimum Gasteiger partial charge on any atom is -0.387 e. The van der Waals surface area contributed by atoms with Gasteiger partial charge in [-0.3, -0.25) is 0 Å². The van der Waals surface area contributed by atoms with Crippen LogP contribution in [0.25, 0.3) is 0 Å². The van der Waals surface area contributed by atoms with E-state index in [9.17, 15) is 13.9 Å². The number of halogens is 3. The third-order valence-electron chi connectivity index (χ3n) is 2.65. The zero-order chi connectivity index (χ0) is 13.8. The molecule has 0 amide bonds. The summed E-state index contributed by atoms with van der Waals surface area (Å²) in [5.41, 5.74) is 1.16. The van der Waals surface area contributed by atoms with Crippen molar-refractivity contribution >= 4 is 21.6 Å². The second kappa shape index (κ2) is 6.12. The molecule has 0 radical (unpaired) electrons. The topological polar surface area (TPSA) is 32.3 Å². The highest BCUT2D eigenvalue weighted by molar-refractivity contribution is 9.10. The van der Waals surface area contributed by atoms with Crippen molar-refractivity contribution in [2.24, 2.45) is 0 Å². The summed E-state index contributed by atoms with van der Waals surface area (Å²) in [5, 5.41) is 12.9. The van der Waals surface area contributed by atoms with E-state index >= 15 is 0 Å². The minimum absolute atomic E-state index is 0.210. The first kappa shape index (κ1) is 14.0. The Labute approximate surface area is 118 Å². The first-order valence-corrected chi connectivity index (χ1v) is 6.48. The fraction of sp³-hybridized carbons (Fsp3) is 0.143. The van der Waals surface area contributed by atoms with Gasteiger partial charge in [0.25, 0.3) is 0 Å². The number of anilines is 1. The molecule has 0 saturated carbocycles. The van der Waals surface area contributed by atoms with E-state index < -0.39 is 17.7 Å². The van der Waals surface area contributed by atoms with Gasteiger partial charge in [0.05, 0.1) is 6.10 Å². The molecule has 2 N–H and O–H groups in total. The van der Waals surface area contributed by atoms with Crippen LogP contribution in [-0.4, -0.2) is 11.7 Å². The van der Waals surface area contributed by atoms with Crippen molar-refractivity contribution in [2.45, 2.75) is 6.10 Å². The van der Waals surface area contributed by atoms with Crippen LogP contribution in [0.3, 0.4) is 0 Å². The summed E-state index contributed by atoms with van der Waals surface area (Å²) in [7, 11) is 0. The Morgan fingerprint density at radius 3 is 2.58 bits per heavy atom. The maximum atomic E-state index is 13.0. The van der Waals surface area contributed by atoms with Gasteiger partial charge in [0, 0.05) is 16.7 Å². The first-order valence-electron chi connectivity index (χ1n) is 5.69. The van der Waals surface area contributed by atoms with Gasteiger partial charge in [-0.05, 0) is 35.9 Å². The lowest BCUT2D eigenvalue weighted by molar-refractivity contribution is 0.191. The maximum absolute atomic E-state index is 13.0. The molecule has 2 rings (SSSR count). The average molecular weight is 328 g/mol. The standard InChI is InChI=1S/C14H12BrF2NO/c15-10-2-1-3-11(7-10)18-8-14(19)9-4-5-12(16)13(17)6-9/h1-7,14,18-19H,8H2. The molecule has 0 saturated heterocycles. The second-order valence-corrected chi connectivity index (χ2v) is 5.00. The predicted octanol–water partition coefficient (Wildman–Crippen LogP) is 3.87. The van der Waals surface area contributed by atoms with Gasteiger partial charge in [-0.1, -0.05) is 28.1 Å². The van der Waals surface area contributed by atoms with E-state index in [0.717, 1.165) is 22.3 Å². The first-order chi connectivity index (χ1) is 9.06. The molecule has 2 aromatic rings. The summed E-state index contributed by atoms with van der Waals surface area (Å²) in [6.45, 7) is 0.210. The lowest BCUT2D eigenvalue weighted by Gasteiger charge is -2.13. The SMILES string of the molecule is OC(CNc1cccc(Br)c1)c1ccc(F)c(F)c1. The van der Waals surface area contributed by atoms with Gasteiger partial charge in [0.1, 0.15) is 0 Å². The second-order valence-electron chi connectivity index (χ2n) is 4.08. The molecule has 1 atom stereocenters. The molecule has 0 heterocycles. The Balaban J connectivity index is 2.01. The molecular weight excluding hydrogens is 316 g/mol. The van der Waals surface area contributed by atoms with Crippen molar-refractivity contribution in [1.29, 1.82) is 0 Å². The van der Waals surface area contributed by atoms with Gasteiger partial charge in [0.2, 0.25) is 0 Å². The van der Waals surface area contributed by atoms with E-state index in [-0.39, 0.29) is 6.54 Å². The Hall–Kier alpha value is -1.46. The summed E-state index contributed by atoms with van der Waals surface area (Å²) < 4.78 is 26.7. The molecule has 19 heavy (non-hydrogen) atoms. The molecule has 0 spiro atoms. The van der Waals surface area contributed by atoms with Gasteiger partial charge >= 0.3 is 0 Å². The van der Waals surface area contributed by atoms with Crippen LogP contribution in [0, 0.1) is 11.6 Å². The van der Waals surface area contributed by atoms with E-state index in [1.807, 2.05) is 24.3 Å². The lowest BCUT2D eigenvalue weighted by Crippen LogP contribution is -2.12. The lowest BCUT2D eigenvalue weighted by atomic mass is 10.1. The number of benzene rings is 2. The maximum Gasteiger partial charge on any atom is 0.159 e. The van der Waals surface area contributed by atoms with Gasteiger partial charge < -0.3 is 10.4 Å². The van der Waals surface area contributed by atoms with Crippen LogP contribution < -0.4 is 5.32 Å². The minimum atomic E-state index is -0.959. The van der Waals surface area contributed by atoms with Crippen molar-refractivity contribution in [3.63, 3.8) is 0 Å². The van der Waals surface area contributed by atoms with Crippen LogP contribution in [0.2, 0.25) is 0 Å². The highest BCUT2D eigenvalue weighted by atomic mass is 79.9. The highest BCUT2D eigenvalue weighted by Gasteiger charge is 2.10. The van der Waals surface area contributed by atoms with Crippen LogP contribution in [-0.2, 0) is 0 Å². The van der Waals surface area contributed by atoms with E-state index in [2.05, 4.69) is 21.2 Å². The van der Waals surface area contributed by atoms with Crippen LogP contribution in [0.5, 0.6) is 0 Å². The fourth-order valence-corrected chi connectivity index (χ4v) is 2.05. The Morgan fingerprint density at radius 2 is 1.89 bits per heavy atom. The smallest absolute Gasteiger partial charge is 0.159 e. The van der Waals surface area contributed by atoms with Crippen molar-refractivity contribution in [2.75, 3.05) is 11.9 Å². The number of hydrogen-bond donors (Lipinski definition) is 2. The average Bonchev–Trinajstić information content (AvgIpc) is 2.39. The summed E-state index contributed by atoms with van der Waals surface area (Å²) in [6.07, 6.45) is -0.908. The largest absolute Gasteiger partial charge is 0.387 e. The number of rotatable bonds is 4. The molecule has 2 aromatic carbocycles. The fourth-order valence-electron chi connectivity index (χ4n) is 1.65. The normalized spacial score (nSPS) is 12.2. The van der Waals surface area contributed by atoms with Crippen LogP contribution in [0.4, 0.5) is 14.5 Å². The van der Waals surface area contributed by atoms with Gasteiger partial charge in [0.15, 0.2) is 11.6 Å². The summed E-state index contributed by atoms with van der Waals surface area (Å²) in [6, 6.07) is 10.8. The molecule has 1 unspecified atom stereocenters.